The minimum absolute atomic E-state index is 0.0919. The fourth-order valence-electron chi connectivity index (χ4n) is 3.10. The first-order valence-electron chi connectivity index (χ1n) is 6.61. The number of hydrogen-bond donors (Lipinski definition) is 1. The fourth-order valence-corrected chi connectivity index (χ4v) is 3.10. The van der Waals surface area contributed by atoms with E-state index in [1.807, 2.05) is 13.8 Å². The molecule has 2 aliphatic rings. The van der Waals surface area contributed by atoms with Gasteiger partial charge in [-0.05, 0) is 51.5 Å². The van der Waals surface area contributed by atoms with Crippen LogP contribution < -0.4 is 5.32 Å². The third-order valence-corrected chi connectivity index (χ3v) is 3.92. The van der Waals surface area contributed by atoms with Gasteiger partial charge in [0.05, 0.1) is 6.04 Å². The van der Waals surface area contributed by atoms with Crippen molar-refractivity contribution >= 4 is 5.78 Å². The Morgan fingerprint density at radius 3 is 2.62 bits per heavy atom. The molecule has 1 aliphatic heterocycles. The van der Waals surface area contributed by atoms with Gasteiger partial charge in [-0.2, -0.15) is 0 Å². The van der Waals surface area contributed by atoms with Crippen molar-refractivity contribution in [3.63, 3.8) is 0 Å². The molecule has 2 nitrogen and oxygen atoms in total. The van der Waals surface area contributed by atoms with Crippen molar-refractivity contribution in [1.29, 1.82) is 0 Å². The topological polar surface area (TPSA) is 29.1 Å². The predicted molar refractivity (Wildman–Crippen MR) is 66.3 cm³/mol. The molecule has 1 N–H and O–H groups in total. The predicted octanol–water partition coefficient (Wildman–Crippen LogP) is 2.83. The van der Waals surface area contributed by atoms with Gasteiger partial charge in [0.1, 0.15) is 0 Å². The van der Waals surface area contributed by atoms with Crippen LogP contribution in [-0.4, -0.2) is 17.9 Å². The number of rotatable bonds is 2. The number of hydrogen-bond acceptors (Lipinski definition) is 2. The van der Waals surface area contributed by atoms with Crippen molar-refractivity contribution in [1.82, 2.24) is 5.32 Å². The minimum Gasteiger partial charge on any atom is -0.304 e. The van der Waals surface area contributed by atoms with Gasteiger partial charge in [-0.25, -0.2) is 0 Å². The highest BCUT2D eigenvalue weighted by atomic mass is 16.1. The Morgan fingerprint density at radius 2 is 1.88 bits per heavy atom. The summed E-state index contributed by atoms with van der Waals surface area (Å²) in [5, 5.41) is 3.57. The molecule has 1 aliphatic carbocycles. The van der Waals surface area contributed by atoms with Gasteiger partial charge >= 0.3 is 0 Å². The van der Waals surface area contributed by atoms with Gasteiger partial charge in [-0.3, -0.25) is 4.79 Å². The molecule has 16 heavy (non-hydrogen) atoms. The third-order valence-electron chi connectivity index (χ3n) is 3.92. The van der Waals surface area contributed by atoms with Crippen LogP contribution in [0.25, 0.3) is 0 Å². The summed E-state index contributed by atoms with van der Waals surface area (Å²) in [6, 6.07) is 0.705. The molecule has 0 aromatic rings. The summed E-state index contributed by atoms with van der Waals surface area (Å²) in [6.07, 6.45) is 9.41. The summed E-state index contributed by atoms with van der Waals surface area (Å²) in [7, 11) is 0. The van der Waals surface area contributed by atoms with Gasteiger partial charge in [-0.15, -0.1) is 0 Å². The van der Waals surface area contributed by atoms with Crippen molar-refractivity contribution in [2.24, 2.45) is 5.92 Å². The lowest BCUT2D eigenvalue weighted by atomic mass is 9.77. The lowest BCUT2D eigenvalue weighted by molar-refractivity contribution is -0.117. The minimum atomic E-state index is 0.0919. The third kappa shape index (κ3) is 2.73. The summed E-state index contributed by atoms with van der Waals surface area (Å²) in [4.78, 5) is 11.9. The lowest BCUT2D eigenvalue weighted by Crippen LogP contribution is -2.51. The number of carbonyl (C=O) groups is 1. The van der Waals surface area contributed by atoms with E-state index in [0.717, 1.165) is 17.9 Å². The van der Waals surface area contributed by atoms with Crippen molar-refractivity contribution in [3.8, 4) is 0 Å². The maximum Gasteiger partial charge on any atom is 0.172 e. The molecule has 0 aromatic carbocycles. The summed E-state index contributed by atoms with van der Waals surface area (Å²) >= 11 is 0. The van der Waals surface area contributed by atoms with Gasteiger partial charge < -0.3 is 5.32 Å². The van der Waals surface area contributed by atoms with Crippen LogP contribution in [0.4, 0.5) is 0 Å². The van der Waals surface area contributed by atoms with Crippen LogP contribution in [-0.2, 0) is 4.79 Å². The molecular weight excluding hydrogens is 198 g/mol. The van der Waals surface area contributed by atoms with E-state index < -0.39 is 0 Å². The molecule has 0 bridgehead atoms. The van der Waals surface area contributed by atoms with E-state index in [-0.39, 0.29) is 11.8 Å². The first kappa shape index (κ1) is 11.8. The normalized spacial score (nSPS) is 34.0. The van der Waals surface area contributed by atoms with Crippen molar-refractivity contribution in [2.45, 2.75) is 64.5 Å². The smallest absolute Gasteiger partial charge is 0.172 e. The SMILES string of the molecule is CC(C)=CC(=O)C1CCC2CCCCC2N1. The second kappa shape index (κ2) is 5.13. The van der Waals surface area contributed by atoms with Gasteiger partial charge in [0.15, 0.2) is 5.78 Å². The quantitative estimate of drug-likeness (QED) is 0.726. The number of fused-ring (bicyclic) bond motifs is 1. The molecule has 0 aromatic heterocycles. The average molecular weight is 221 g/mol. The number of ketones is 1. The van der Waals surface area contributed by atoms with Crippen molar-refractivity contribution in [3.05, 3.63) is 11.6 Å². The summed E-state index contributed by atoms with van der Waals surface area (Å²) < 4.78 is 0. The highest BCUT2D eigenvalue weighted by molar-refractivity contribution is 5.94. The molecule has 90 valence electrons. The summed E-state index contributed by atoms with van der Waals surface area (Å²) in [6.45, 7) is 3.98. The standard InChI is InChI=1S/C14H23NO/c1-10(2)9-14(16)13-8-7-11-5-3-4-6-12(11)15-13/h9,11-13,15H,3-8H2,1-2H3. The molecule has 0 amide bonds. The molecule has 1 saturated carbocycles. The van der Waals surface area contributed by atoms with Gasteiger partial charge in [0, 0.05) is 6.04 Å². The number of allylic oxidation sites excluding steroid dienone is 1. The Kier molecular flexibility index (Phi) is 3.80. The van der Waals surface area contributed by atoms with Crippen molar-refractivity contribution < 1.29 is 4.79 Å². The molecule has 0 spiro atoms. The number of nitrogens with one attached hydrogen (secondary N) is 1. The number of piperidine rings is 1. The maximum absolute atomic E-state index is 11.9. The lowest BCUT2D eigenvalue weighted by Gasteiger charge is -2.39. The first-order chi connectivity index (χ1) is 7.66. The van der Waals surface area contributed by atoms with Crippen molar-refractivity contribution in [2.75, 3.05) is 0 Å². The molecular formula is C14H23NO. The van der Waals surface area contributed by atoms with E-state index in [1.165, 1.54) is 32.1 Å². The second-order valence-corrected chi connectivity index (χ2v) is 5.57. The average Bonchev–Trinajstić information content (AvgIpc) is 2.27. The van der Waals surface area contributed by atoms with Crippen LogP contribution in [0, 0.1) is 5.92 Å². The first-order valence-corrected chi connectivity index (χ1v) is 6.61. The molecule has 2 fully saturated rings. The Balaban J connectivity index is 1.94. The highest BCUT2D eigenvalue weighted by Crippen LogP contribution is 2.32. The maximum atomic E-state index is 11.9. The van der Waals surface area contributed by atoms with Crippen LogP contribution in [0.2, 0.25) is 0 Å². The molecule has 1 saturated heterocycles. The van der Waals surface area contributed by atoms with E-state index >= 15 is 0 Å². The zero-order chi connectivity index (χ0) is 11.5. The molecule has 2 rings (SSSR count). The monoisotopic (exact) mass is 221 g/mol. The van der Waals surface area contributed by atoms with Crippen LogP contribution >= 0.6 is 0 Å². The number of carbonyl (C=O) groups excluding carboxylic acids is 1. The van der Waals surface area contributed by atoms with E-state index in [4.69, 9.17) is 0 Å². The molecule has 3 atom stereocenters. The van der Waals surface area contributed by atoms with Gasteiger partial charge in [-0.1, -0.05) is 18.4 Å². The van der Waals surface area contributed by atoms with E-state index in [1.54, 1.807) is 6.08 Å². The zero-order valence-electron chi connectivity index (χ0n) is 10.5. The van der Waals surface area contributed by atoms with E-state index in [9.17, 15) is 4.79 Å². The molecule has 2 heteroatoms. The molecule has 1 heterocycles. The Labute approximate surface area is 98.5 Å². The second-order valence-electron chi connectivity index (χ2n) is 5.57. The Bertz CT molecular complexity index is 291. The summed E-state index contributed by atoms with van der Waals surface area (Å²) in [5.41, 5.74) is 1.11. The Hall–Kier alpha value is -0.630. The summed E-state index contributed by atoms with van der Waals surface area (Å²) in [5.74, 6) is 1.12. The van der Waals surface area contributed by atoms with Crippen LogP contribution in [0.15, 0.2) is 11.6 Å². The zero-order valence-corrected chi connectivity index (χ0v) is 10.5. The van der Waals surface area contributed by atoms with E-state index in [2.05, 4.69) is 5.32 Å². The van der Waals surface area contributed by atoms with Crippen LogP contribution in [0.3, 0.4) is 0 Å². The Morgan fingerprint density at radius 1 is 1.12 bits per heavy atom. The largest absolute Gasteiger partial charge is 0.304 e. The van der Waals surface area contributed by atoms with Gasteiger partial charge in [0.25, 0.3) is 0 Å². The van der Waals surface area contributed by atoms with Crippen LogP contribution in [0.1, 0.15) is 52.4 Å². The molecule has 3 unspecified atom stereocenters. The van der Waals surface area contributed by atoms with Crippen LogP contribution in [0.5, 0.6) is 0 Å². The fraction of sp³-hybridized carbons (Fsp3) is 0.786. The van der Waals surface area contributed by atoms with E-state index in [0.29, 0.717) is 6.04 Å². The highest BCUT2D eigenvalue weighted by Gasteiger charge is 2.33. The molecule has 0 radical (unpaired) electrons. The van der Waals surface area contributed by atoms with Gasteiger partial charge in [0.2, 0.25) is 0 Å².